The van der Waals surface area contributed by atoms with E-state index in [1.807, 2.05) is 48.5 Å². The molecule has 0 spiro atoms. The summed E-state index contributed by atoms with van der Waals surface area (Å²) in [7, 11) is 1.61. The van der Waals surface area contributed by atoms with Gasteiger partial charge < -0.3 is 14.8 Å². The molecule has 0 aliphatic heterocycles. The van der Waals surface area contributed by atoms with Crippen molar-refractivity contribution in [3.05, 3.63) is 59.7 Å². The molecule has 0 radical (unpaired) electrons. The number of methoxy groups -OCH3 is 1. The minimum atomic E-state index is 0.0356. The molecule has 2 aromatic rings. The number of hydrogen-bond donors (Lipinski definition) is 1. The monoisotopic (exact) mass is 361 g/mol. The lowest BCUT2D eigenvalue weighted by molar-refractivity contribution is -0.121. The zero-order valence-electron chi connectivity index (χ0n) is 14.5. The van der Waals surface area contributed by atoms with Crippen molar-refractivity contribution in [3.63, 3.8) is 0 Å². The van der Waals surface area contributed by atoms with Gasteiger partial charge in [0, 0.05) is 18.8 Å². The third-order valence-corrected chi connectivity index (χ3v) is 4.01. The zero-order chi connectivity index (χ0) is 17.9. The maximum atomic E-state index is 11.8. The molecule has 0 saturated carbocycles. The van der Waals surface area contributed by atoms with Gasteiger partial charge in [0.1, 0.15) is 6.61 Å². The van der Waals surface area contributed by atoms with Crippen LogP contribution in [-0.4, -0.2) is 18.9 Å². The van der Waals surface area contributed by atoms with Crippen LogP contribution in [0.4, 0.5) is 0 Å². The SMILES string of the molecule is COc1cc(CNC(=O)CCCCCl)ccc1OCc1ccccc1. The van der Waals surface area contributed by atoms with E-state index >= 15 is 0 Å². The Hall–Kier alpha value is -2.20. The minimum Gasteiger partial charge on any atom is -0.493 e. The highest BCUT2D eigenvalue weighted by Crippen LogP contribution is 2.28. The number of carbonyl (C=O) groups is 1. The first-order valence-corrected chi connectivity index (χ1v) is 8.92. The van der Waals surface area contributed by atoms with Gasteiger partial charge in [-0.05, 0) is 36.1 Å². The lowest BCUT2D eigenvalue weighted by atomic mass is 10.2. The van der Waals surface area contributed by atoms with Crippen LogP contribution in [0.3, 0.4) is 0 Å². The van der Waals surface area contributed by atoms with E-state index in [1.54, 1.807) is 7.11 Å². The average Bonchev–Trinajstić information content (AvgIpc) is 2.66. The van der Waals surface area contributed by atoms with Gasteiger partial charge in [-0.2, -0.15) is 0 Å². The average molecular weight is 362 g/mol. The fraction of sp³-hybridized carbons (Fsp3) is 0.350. The summed E-state index contributed by atoms with van der Waals surface area (Å²) in [6.45, 7) is 0.947. The van der Waals surface area contributed by atoms with Gasteiger partial charge in [0.25, 0.3) is 0 Å². The molecular formula is C20H24ClNO3. The highest BCUT2D eigenvalue weighted by atomic mass is 35.5. The smallest absolute Gasteiger partial charge is 0.220 e. The maximum Gasteiger partial charge on any atom is 0.220 e. The number of unbranched alkanes of at least 4 members (excludes halogenated alkanes) is 1. The second-order valence-corrected chi connectivity index (χ2v) is 6.06. The lowest BCUT2D eigenvalue weighted by Crippen LogP contribution is -2.22. The third kappa shape index (κ3) is 6.67. The zero-order valence-corrected chi connectivity index (χ0v) is 15.2. The molecule has 2 aromatic carbocycles. The Bertz CT molecular complexity index is 661. The summed E-state index contributed by atoms with van der Waals surface area (Å²) in [4.78, 5) is 11.8. The van der Waals surface area contributed by atoms with Crippen molar-refractivity contribution in [1.82, 2.24) is 5.32 Å². The quantitative estimate of drug-likeness (QED) is 0.507. The molecule has 4 nitrogen and oxygen atoms in total. The predicted octanol–water partition coefficient (Wildman–Crippen LogP) is 4.30. The van der Waals surface area contributed by atoms with E-state index in [2.05, 4.69) is 5.32 Å². The number of halogens is 1. The number of ether oxygens (including phenoxy) is 2. The van der Waals surface area contributed by atoms with Crippen molar-refractivity contribution in [2.75, 3.05) is 13.0 Å². The molecule has 0 aliphatic rings. The summed E-state index contributed by atoms with van der Waals surface area (Å²) < 4.78 is 11.2. The third-order valence-electron chi connectivity index (χ3n) is 3.74. The van der Waals surface area contributed by atoms with Crippen molar-refractivity contribution in [3.8, 4) is 11.5 Å². The van der Waals surface area contributed by atoms with Gasteiger partial charge in [-0.1, -0.05) is 36.4 Å². The summed E-state index contributed by atoms with van der Waals surface area (Å²) in [5.74, 6) is 1.97. The van der Waals surface area contributed by atoms with Crippen LogP contribution in [0.25, 0.3) is 0 Å². The van der Waals surface area contributed by atoms with Crippen LogP contribution < -0.4 is 14.8 Å². The topological polar surface area (TPSA) is 47.6 Å². The second-order valence-electron chi connectivity index (χ2n) is 5.68. The van der Waals surface area contributed by atoms with Gasteiger partial charge >= 0.3 is 0 Å². The molecule has 1 amide bonds. The Balaban J connectivity index is 1.88. The van der Waals surface area contributed by atoms with E-state index in [4.69, 9.17) is 21.1 Å². The van der Waals surface area contributed by atoms with Crippen LogP contribution in [-0.2, 0) is 17.9 Å². The van der Waals surface area contributed by atoms with Crippen LogP contribution >= 0.6 is 11.6 Å². The Morgan fingerprint density at radius 2 is 1.84 bits per heavy atom. The molecule has 1 N–H and O–H groups in total. The van der Waals surface area contributed by atoms with E-state index in [0.717, 1.165) is 24.0 Å². The van der Waals surface area contributed by atoms with Crippen LogP contribution in [0.15, 0.2) is 48.5 Å². The van der Waals surface area contributed by atoms with Crippen molar-refractivity contribution in [2.24, 2.45) is 0 Å². The first-order chi connectivity index (χ1) is 12.2. The molecule has 0 atom stereocenters. The molecule has 0 bridgehead atoms. The Morgan fingerprint density at radius 1 is 1.04 bits per heavy atom. The number of alkyl halides is 1. The molecule has 134 valence electrons. The molecule has 0 heterocycles. The molecule has 25 heavy (non-hydrogen) atoms. The van der Waals surface area contributed by atoms with Crippen LogP contribution in [0, 0.1) is 0 Å². The number of benzene rings is 2. The van der Waals surface area contributed by atoms with Gasteiger partial charge in [-0.25, -0.2) is 0 Å². The van der Waals surface area contributed by atoms with Gasteiger partial charge in [-0.15, -0.1) is 11.6 Å². The summed E-state index contributed by atoms with van der Waals surface area (Å²) in [5.41, 5.74) is 2.06. The summed E-state index contributed by atoms with van der Waals surface area (Å²) in [6.07, 6.45) is 2.17. The van der Waals surface area contributed by atoms with Gasteiger partial charge in [0.05, 0.1) is 7.11 Å². The molecule has 0 saturated heterocycles. The molecule has 2 rings (SSSR count). The van der Waals surface area contributed by atoms with E-state index in [9.17, 15) is 4.79 Å². The predicted molar refractivity (Wildman–Crippen MR) is 100 cm³/mol. The summed E-state index contributed by atoms with van der Waals surface area (Å²) in [6, 6.07) is 15.7. The second kappa shape index (κ2) is 10.6. The molecule has 0 fully saturated rings. The first-order valence-electron chi connectivity index (χ1n) is 8.39. The van der Waals surface area contributed by atoms with Crippen LogP contribution in [0.2, 0.25) is 0 Å². The van der Waals surface area contributed by atoms with Crippen molar-refractivity contribution >= 4 is 17.5 Å². The minimum absolute atomic E-state index is 0.0356. The summed E-state index contributed by atoms with van der Waals surface area (Å²) in [5, 5.41) is 2.91. The number of nitrogens with one attached hydrogen (secondary N) is 1. The van der Waals surface area contributed by atoms with E-state index in [1.165, 1.54) is 0 Å². The number of rotatable bonds is 10. The normalized spacial score (nSPS) is 10.3. The van der Waals surface area contributed by atoms with Crippen LogP contribution in [0.5, 0.6) is 11.5 Å². The van der Waals surface area contributed by atoms with Crippen molar-refractivity contribution in [2.45, 2.75) is 32.4 Å². The van der Waals surface area contributed by atoms with Gasteiger partial charge in [0.2, 0.25) is 5.91 Å². The highest BCUT2D eigenvalue weighted by Gasteiger charge is 2.07. The maximum absolute atomic E-state index is 11.8. The number of hydrogen-bond acceptors (Lipinski definition) is 3. The Labute approximate surface area is 154 Å². The van der Waals surface area contributed by atoms with Crippen molar-refractivity contribution in [1.29, 1.82) is 0 Å². The Morgan fingerprint density at radius 3 is 2.56 bits per heavy atom. The van der Waals surface area contributed by atoms with Crippen LogP contribution in [0.1, 0.15) is 30.4 Å². The number of carbonyl (C=O) groups excluding carboxylic acids is 1. The summed E-state index contributed by atoms with van der Waals surface area (Å²) >= 11 is 5.61. The fourth-order valence-corrected chi connectivity index (χ4v) is 2.53. The molecule has 0 aliphatic carbocycles. The molecule has 0 aromatic heterocycles. The molecule has 5 heteroatoms. The van der Waals surface area contributed by atoms with Gasteiger partial charge in [-0.3, -0.25) is 4.79 Å². The standard InChI is InChI=1S/C20H24ClNO3/c1-24-19-13-17(14-22-20(23)9-5-6-12-21)10-11-18(19)25-15-16-7-3-2-4-8-16/h2-4,7-8,10-11,13H,5-6,9,12,14-15H2,1H3,(H,22,23). The van der Waals surface area contributed by atoms with E-state index in [0.29, 0.717) is 37.0 Å². The van der Waals surface area contributed by atoms with E-state index in [-0.39, 0.29) is 5.91 Å². The fourth-order valence-electron chi connectivity index (χ4n) is 2.35. The highest BCUT2D eigenvalue weighted by molar-refractivity contribution is 6.17. The molecular weight excluding hydrogens is 338 g/mol. The number of amides is 1. The molecule has 0 unspecified atom stereocenters. The first kappa shape index (κ1) is 19.1. The largest absolute Gasteiger partial charge is 0.493 e. The van der Waals surface area contributed by atoms with E-state index < -0.39 is 0 Å². The Kier molecular flexibility index (Phi) is 8.13. The lowest BCUT2D eigenvalue weighted by Gasteiger charge is -2.13. The van der Waals surface area contributed by atoms with Gasteiger partial charge in [0.15, 0.2) is 11.5 Å². The van der Waals surface area contributed by atoms with Crippen molar-refractivity contribution < 1.29 is 14.3 Å².